The number of aromatic nitrogens is 4. The summed E-state index contributed by atoms with van der Waals surface area (Å²) in [5.41, 5.74) is 3.80. The number of amides is 1. The molecule has 6 rings (SSSR count). The van der Waals surface area contributed by atoms with Crippen molar-refractivity contribution >= 4 is 49.9 Å². The van der Waals surface area contributed by atoms with Gasteiger partial charge in [-0.15, -0.1) is 11.3 Å². The molecule has 1 amide bonds. The predicted octanol–water partition coefficient (Wildman–Crippen LogP) is 5.16. The molecule has 10 heteroatoms. The van der Waals surface area contributed by atoms with E-state index in [0.717, 1.165) is 37.3 Å². The molecule has 1 unspecified atom stereocenters. The van der Waals surface area contributed by atoms with Gasteiger partial charge in [0.15, 0.2) is 11.6 Å². The van der Waals surface area contributed by atoms with E-state index in [1.807, 2.05) is 48.5 Å². The highest BCUT2D eigenvalue weighted by Crippen LogP contribution is 2.36. The topological polar surface area (TPSA) is 107 Å². The minimum Gasteiger partial charge on any atom is -0.349 e. The van der Waals surface area contributed by atoms with Gasteiger partial charge >= 0.3 is 0 Å². The lowest BCUT2D eigenvalue weighted by atomic mass is 9.91. The highest BCUT2D eigenvalue weighted by molar-refractivity contribution is 7.18. The Bertz CT molecular complexity index is 1720. The van der Waals surface area contributed by atoms with E-state index < -0.39 is 18.0 Å². The van der Waals surface area contributed by atoms with Crippen molar-refractivity contribution in [1.82, 2.24) is 25.1 Å². The number of Topliss-reactive ketones (excluding diaryl/α,β-unsaturated/α-hetero) is 2. The number of carbonyl (C=O) groups is 3. The fourth-order valence-corrected chi connectivity index (χ4v) is 6.45. The predicted molar refractivity (Wildman–Crippen MR) is 151 cm³/mol. The van der Waals surface area contributed by atoms with Crippen LogP contribution in [0.25, 0.3) is 32.2 Å². The summed E-state index contributed by atoms with van der Waals surface area (Å²) in [5.74, 6) is -2.19. The van der Waals surface area contributed by atoms with Gasteiger partial charge in [0, 0.05) is 34.1 Å². The van der Waals surface area contributed by atoms with Crippen LogP contribution in [0.2, 0.25) is 0 Å². The Morgan fingerprint density at radius 2 is 1.88 bits per heavy atom. The summed E-state index contributed by atoms with van der Waals surface area (Å²) in [4.78, 5) is 43.6. The van der Waals surface area contributed by atoms with E-state index in [2.05, 4.69) is 20.5 Å². The number of hydrogen-bond donors (Lipinski definition) is 1. The van der Waals surface area contributed by atoms with Gasteiger partial charge in [-0.3, -0.25) is 14.4 Å². The molecule has 0 aliphatic heterocycles. The van der Waals surface area contributed by atoms with Gasteiger partial charge in [-0.1, -0.05) is 18.2 Å². The molecule has 1 N–H and O–H groups in total. The molecule has 3 heterocycles. The van der Waals surface area contributed by atoms with Crippen molar-refractivity contribution in [2.75, 3.05) is 0 Å². The number of ketones is 2. The normalized spacial score (nSPS) is 18.8. The molecule has 0 radical (unpaired) electrons. The molecular weight excluding hydrogens is 529 g/mol. The molecular formula is C30H26FN5O3S. The van der Waals surface area contributed by atoms with Gasteiger partial charge < -0.3 is 9.88 Å². The summed E-state index contributed by atoms with van der Waals surface area (Å²) < 4.78 is 17.3. The Balaban J connectivity index is 1.21. The number of hydrogen-bond acceptors (Lipinski definition) is 7. The largest absolute Gasteiger partial charge is 0.349 e. The minimum atomic E-state index is -1.22. The van der Waals surface area contributed by atoms with Crippen LogP contribution in [0.4, 0.5) is 4.39 Å². The molecule has 5 aromatic rings. The van der Waals surface area contributed by atoms with Crippen molar-refractivity contribution in [3.8, 4) is 11.1 Å². The van der Waals surface area contributed by atoms with E-state index in [-0.39, 0.29) is 43.4 Å². The first-order chi connectivity index (χ1) is 19.4. The minimum absolute atomic E-state index is 0.00994. The van der Waals surface area contributed by atoms with Gasteiger partial charge in [0.05, 0.1) is 41.6 Å². The van der Waals surface area contributed by atoms with Crippen LogP contribution in [0.3, 0.4) is 0 Å². The molecule has 2 aromatic carbocycles. The second kappa shape index (κ2) is 10.7. The third-order valence-corrected chi connectivity index (χ3v) is 8.55. The standard InChI is InChI=1S/C30H26FN5O3S/c1-17(37)24-15-36(26-7-6-18(10-21(24)26)19-8-9-33-34-13-19)16-27(38)22-11-20(31)12-23(22)30(39)32-14-29-35-25-4-2-3-5-28(25)40-29/h2-10,13,15,20,22-23H,11-12,14,16H2,1H3,(H,32,39)/t20-,22?,23+/m0/s1. The molecule has 1 aliphatic rings. The maximum Gasteiger partial charge on any atom is 0.224 e. The lowest BCUT2D eigenvalue weighted by molar-refractivity contribution is -0.132. The summed E-state index contributed by atoms with van der Waals surface area (Å²) in [5, 5.41) is 12.1. The monoisotopic (exact) mass is 555 g/mol. The third-order valence-electron chi connectivity index (χ3n) is 7.51. The second-order valence-electron chi connectivity index (χ2n) is 10.1. The Kier molecular flexibility index (Phi) is 6.93. The van der Waals surface area contributed by atoms with E-state index in [4.69, 9.17) is 0 Å². The zero-order chi connectivity index (χ0) is 27.8. The number of nitrogens with one attached hydrogen (secondary N) is 1. The summed E-state index contributed by atoms with van der Waals surface area (Å²) in [6.07, 6.45) is 3.71. The molecule has 8 nitrogen and oxygen atoms in total. The third kappa shape index (κ3) is 5.02. The number of carbonyl (C=O) groups excluding carboxylic acids is 3. The lowest BCUT2D eigenvalue weighted by Gasteiger charge is -2.18. The van der Waals surface area contributed by atoms with E-state index >= 15 is 0 Å². The van der Waals surface area contributed by atoms with Gasteiger partial charge in [0.1, 0.15) is 11.2 Å². The van der Waals surface area contributed by atoms with Crippen LogP contribution >= 0.6 is 11.3 Å². The SMILES string of the molecule is CC(=O)c1cn(CC(=O)C2C[C@H](F)C[C@H]2C(=O)NCc2nc3ccccc3s2)c2ccc(-c3ccnnc3)cc12. The highest BCUT2D eigenvalue weighted by Gasteiger charge is 2.42. The molecule has 1 saturated carbocycles. The average molecular weight is 556 g/mol. The number of thiazole rings is 1. The summed E-state index contributed by atoms with van der Waals surface area (Å²) >= 11 is 1.49. The molecule has 0 saturated heterocycles. The molecule has 3 aromatic heterocycles. The fourth-order valence-electron chi connectivity index (χ4n) is 5.55. The molecule has 0 bridgehead atoms. The van der Waals surface area contributed by atoms with Crippen LogP contribution in [-0.2, 0) is 22.7 Å². The summed E-state index contributed by atoms with van der Waals surface area (Å²) in [7, 11) is 0. The van der Waals surface area contributed by atoms with Crippen LogP contribution in [0.5, 0.6) is 0 Å². The molecule has 0 spiro atoms. The summed E-state index contributed by atoms with van der Waals surface area (Å²) in [6.45, 7) is 1.66. The van der Waals surface area contributed by atoms with Gasteiger partial charge in [-0.25, -0.2) is 9.37 Å². The van der Waals surface area contributed by atoms with Gasteiger partial charge in [-0.05, 0) is 55.7 Å². The zero-order valence-corrected chi connectivity index (χ0v) is 22.5. The first-order valence-electron chi connectivity index (χ1n) is 13.1. The van der Waals surface area contributed by atoms with Crippen molar-refractivity contribution in [1.29, 1.82) is 0 Å². The van der Waals surface area contributed by atoms with Crippen molar-refractivity contribution in [2.45, 2.75) is 39.0 Å². The van der Waals surface area contributed by atoms with Crippen LogP contribution in [-0.4, -0.2) is 43.4 Å². The van der Waals surface area contributed by atoms with Crippen molar-refractivity contribution in [3.05, 3.63) is 77.7 Å². The Morgan fingerprint density at radius 1 is 1.05 bits per heavy atom. The second-order valence-corrected chi connectivity index (χ2v) is 11.2. The Morgan fingerprint density at radius 3 is 2.65 bits per heavy atom. The summed E-state index contributed by atoms with van der Waals surface area (Å²) in [6, 6.07) is 15.2. The van der Waals surface area contributed by atoms with Crippen molar-refractivity contribution in [3.63, 3.8) is 0 Å². The van der Waals surface area contributed by atoms with E-state index in [9.17, 15) is 18.8 Å². The zero-order valence-electron chi connectivity index (χ0n) is 21.7. The number of para-hydroxylation sites is 1. The first kappa shape index (κ1) is 25.9. The van der Waals surface area contributed by atoms with Gasteiger partial charge in [-0.2, -0.15) is 10.2 Å². The quantitative estimate of drug-likeness (QED) is 0.265. The van der Waals surface area contributed by atoms with Crippen LogP contribution in [0, 0.1) is 11.8 Å². The lowest BCUT2D eigenvalue weighted by Crippen LogP contribution is -2.36. The highest BCUT2D eigenvalue weighted by atomic mass is 32.1. The Hall–Kier alpha value is -4.31. The molecule has 40 heavy (non-hydrogen) atoms. The molecule has 202 valence electrons. The average Bonchev–Trinajstić information content (AvgIpc) is 3.66. The van der Waals surface area contributed by atoms with Crippen LogP contribution in [0.15, 0.2) is 67.1 Å². The van der Waals surface area contributed by atoms with E-state index in [0.29, 0.717) is 5.56 Å². The maximum absolute atomic E-state index is 14.6. The fraction of sp³-hybridized carbons (Fsp3) is 0.267. The molecule has 1 fully saturated rings. The molecule has 1 aliphatic carbocycles. The first-order valence-corrected chi connectivity index (χ1v) is 13.9. The van der Waals surface area contributed by atoms with Gasteiger partial charge in [0.2, 0.25) is 5.91 Å². The number of nitrogens with zero attached hydrogens (tertiary/aromatic N) is 4. The van der Waals surface area contributed by atoms with Crippen LogP contribution in [0.1, 0.15) is 35.1 Å². The van der Waals surface area contributed by atoms with Crippen molar-refractivity contribution < 1.29 is 18.8 Å². The number of rotatable bonds is 8. The molecule has 3 atom stereocenters. The van der Waals surface area contributed by atoms with Gasteiger partial charge in [0.25, 0.3) is 0 Å². The van der Waals surface area contributed by atoms with E-state index in [1.165, 1.54) is 18.3 Å². The van der Waals surface area contributed by atoms with E-state index in [1.54, 1.807) is 23.2 Å². The number of alkyl halides is 1. The number of halogens is 1. The van der Waals surface area contributed by atoms with Crippen LogP contribution < -0.4 is 5.32 Å². The number of benzene rings is 2. The maximum atomic E-state index is 14.6. The van der Waals surface area contributed by atoms with Crippen molar-refractivity contribution in [2.24, 2.45) is 11.8 Å². The Labute approximate surface area is 233 Å². The number of fused-ring (bicyclic) bond motifs is 2. The smallest absolute Gasteiger partial charge is 0.224 e.